The van der Waals surface area contributed by atoms with Crippen molar-refractivity contribution in [3.63, 3.8) is 0 Å². The summed E-state index contributed by atoms with van der Waals surface area (Å²) in [7, 11) is 0. The number of benzene rings is 1. The summed E-state index contributed by atoms with van der Waals surface area (Å²) < 4.78 is 6.23. The van der Waals surface area contributed by atoms with E-state index in [2.05, 4.69) is 26.2 Å². The molecule has 0 aliphatic heterocycles. The second-order valence-electron chi connectivity index (χ2n) is 4.00. The fourth-order valence-electron chi connectivity index (χ4n) is 1.67. The van der Waals surface area contributed by atoms with E-state index in [0.29, 0.717) is 17.5 Å². The van der Waals surface area contributed by atoms with E-state index in [0.717, 1.165) is 21.4 Å². The molecule has 0 saturated carbocycles. The molecule has 0 bridgehead atoms. The highest BCUT2D eigenvalue weighted by atomic mass is 79.9. The van der Waals surface area contributed by atoms with Gasteiger partial charge in [0, 0.05) is 21.8 Å². The Morgan fingerprint density at radius 1 is 1.40 bits per heavy atom. The van der Waals surface area contributed by atoms with E-state index >= 15 is 0 Å². The molecule has 4 nitrogen and oxygen atoms in total. The number of nitrogens with one attached hydrogen (secondary N) is 1. The maximum Gasteiger partial charge on any atom is 0.213 e. The molecule has 1 aromatic heterocycles. The maximum absolute atomic E-state index is 5.74. The molecule has 20 heavy (non-hydrogen) atoms. The van der Waals surface area contributed by atoms with Gasteiger partial charge in [0.2, 0.25) is 5.88 Å². The van der Waals surface area contributed by atoms with E-state index in [1.165, 1.54) is 0 Å². The predicted octanol–water partition coefficient (Wildman–Crippen LogP) is 3.62. The van der Waals surface area contributed by atoms with Gasteiger partial charge in [-0.1, -0.05) is 28.1 Å². The SMILES string of the molecule is CCOc1ccc(Nc2ccc(Br)cc2C(N)=S)cn1. The lowest BCUT2D eigenvalue weighted by molar-refractivity contribution is 0.327. The molecular weight excluding hydrogens is 338 g/mol. The van der Waals surface area contributed by atoms with Crippen molar-refractivity contribution in [3.8, 4) is 5.88 Å². The van der Waals surface area contributed by atoms with Crippen molar-refractivity contribution < 1.29 is 4.74 Å². The predicted molar refractivity (Wildman–Crippen MR) is 88.7 cm³/mol. The first-order valence-electron chi connectivity index (χ1n) is 6.05. The Bertz CT molecular complexity index is 616. The van der Waals surface area contributed by atoms with Gasteiger partial charge >= 0.3 is 0 Å². The minimum absolute atomic E-state index is 0.340. The number of halogens is 1. The molecule has 0 radical (unpaired) electrons. The van der Waals surface area contributed by atoms with E-state index < -0.39 is 0 Å². The van der Waals surface area contributed by atoms with Crippen LogP contribution >= 0.6 is 28.1 Å². The number of ether oxygens (including phenoxy) is 1. The van der Waals surface area contributed by atoms with Gasteiger partial charge in [-0.2, -0.15) is 0 Å². The molecule has 0 atom stereocenters. The number of rotatable bonds is 5. The Balaban J connectivity index is 2.23. The fraction of sp³-hybridized carbons (Fsp3) is 0.143. The van der Waals surface area contributed by atoms with Crippen LogP contribution in [-0.2, 0) is 0 Å². The molecular formula is C14H14BrN3OS. The van der Waals surface area contributed by atoms with E-state index in [1.54, 1.807) is 6.20 Å². The molecule has 0 aliphatic carbocycles. The fourth-order valence-corrected chi connectivity index (χ4v) is 2.20. The van der Waals surface area contributed by atoms with Gasteiger partial charge in [-0.15, -0.1) is 0 Å². The van der Waals surface area contributed by atoms with E-state index in [4.69, 9.17) is 22.7 Å². The van der Waals surface area contributed by atoms with Gasteiger partial charge < -0.3 is 15.8 Å². The lowest BCUT2D eigenvalue weighted by atomic mass is 10.1. The molecule has 104 valence electrons. The van der Waals surface area contributed by atoms with Gasteiger partial charge in [0.05, 0.1) is 18.5 Å². The molecule has 0 spiro atoms. The van der Waals surface area contributed by atoms with Crippen molar-refractivity contribution in [2.75, 3.05) is 11.9 Å². The highest BCUT2D eigenvalue weighted by Gasteiger charge is 2.07. The molecule has 2 aromatic rings. The first-order valence-corrected chi connectivity index (χ1v) is 7.25. The van der Waals surface area contributed by atoms with Crippen LogP contribution in [0.5, 0.6) is 5.88 Å². The minimum atomic E-state index is 0.340. The molecule has 0 amide bonds. The first kappa shape index (κ1) is 14.7. The van der Waals surface area contributed by atoms with Crippen LogP contribution in [0.15, 0.2) is 41.0 Å². The van der Waals surface area contributed by atoms with Crippen molar-refractivity contribution in [2.45, 2.75) is 6.92 Å². The Labute approximate surface area is 131 Å². The molecule has 0 unspecified atom stereocenters. The quantitative estimate of drug-likeness (QED) is 0.805. The third kappa shape index (κ3) is 3.68. The Morgan fingerprint density at radius 3 is 2.80 bits per heavy atom. The molecule has 0 saturated heterocycles. The largest absolute Gasteiger partial charge is 0.478 e. The summed E-state index contributed by atoms with van der Waals surface area (Å²) in [6.45, 7) is 2.52. The third-order valence-electron chi connectivity index (χ3n) is 2.55. The zero-order chi connectivity index (χ0) is 14.5. The molecule has 1 aromatic carbocycles. The van der Waals surface area contributed by atoms with Crippen LogP contribution in [0.3, 0.4) is 0 Å². The summed E-state index contributed by atoms with van der Waals surface area (Å²) in [5.74, 6) is 0.600. The Hall–Kier alpha value is -1.66. The first-order chi connectivity index (χ1) is 9.60. The average molecular weight is 352 g/mol. The molecule has 6 heteroatoms. The number of nitrogens with two attached hydrogens (primary N) is 1. The number of hydrogen-bond donors (Lipinski definition) is 2. The number of thiocarbonyl (C=S) groups is 1. The van der Waals surface area contributed by atoms with Gasteiger partial charge in [-0.25, -0.2) is 4.98 Å². The molecule has 0 aliphatic rings. The standard InChI is InChI=1S/C14H14BrN3OS/c1-2-19-13-6-4-10(8-17-13)18-12-5-3-9(15)7-11(12)14(16)20/h3-8,18H,2H2,1H3,(H2,16,20). The number of nitrogens with zero attached hydrogens (tertiary/aromatic N) is 1. The third-order valence-corrected chi connectivity index (χ3v) is 3.27. The topological polar surface area (TPSA) is 60.2 Å². The van der Waals surface area contributed by atoms with Crippen LogP contribution < -0.4 is 15.8 Å². The Kier molecular flexibility index (Phi) is 4.92. The molecule has 1 heterocycles. The number of aromatic nitrogens is 1. The smallest absolute Gasteiger partial charge is 0.213 e. The van der Waals surface area contributed by atoms with Crippen LogP contribution in [0.25, 0.3) is 0 Å². The van der Waals surface area contributed by atoms with Crippen molar-refractivity contribution in [1.82, 2.24) is 4.98 Å². The van der Waals surface area contributed by atoms with Crippen LogP contribution in [0.2, 0.25) is 0 Å². The summed E-state index contributed by atoms with van der Waals surface area (Å²) in [5, 5.41) is 3.24. The molecule has 2 rings (SSSR count). The van der Waals surface area contributed by atoms with Crippen LogP contribution in [-0.4, -0.2) is 16.6 Å². The summed E-state index contributed by atoms with van der Waals surface area (Å²) in [5.41, 5.74) is 8.20. The van der Waals surface area contributed by atoms with Crippen LogP contribution in [0, 0.1) is 0 Å². The van der Waals surface area contributed by atoms with Crippen LogP contribution in [0.1, 0.15) is 12.5 Å². The van der Waals surface area contributed by atoms with Gasteiger partial charge in [0.25, 0.3) is 0 Å². The highest BCUT2D eigenvalue weighted by Crippen LogP contribution is 2.25. The zero-order valence-electron chi connectivity index (χ0n) is 10.9. The van der Waals surface area contributed by atoms with Crippen molar-refractivity contribution in [3.05, 3.63) is 46.6 Å². The van der Waals surface area contributed by atoms with Crippen molar-refractivity contribution in [1.29, 1.82) is 0 Å². The van der Waals surface area contributed by atoms with Crippen molar-refractivity contribution in [2.24, 2.45) is 5.73 Å². The maximum atomic E-state index is 5.74. The van der Waals surface area contributed by atoms with Gasteiger partial charge in [0.1, 0.15) is 4.99 Å². The Morgan fingerprint density at radius 2 is 2.20 bits per heavy atom. The molecule has 3 N–H and O–H groups in total. The summed E-state index contributed by atoms with van der Waals surface area (Å²) in [4.78, 5) is 4.54. The number of hydrogen-bond acceptors (Lipinski definition) is 4. The van der Waals surface area contributed by atoms with Gasteiger partial charge in [-0.05, 0) is 31.2 Å². The van der Waals surface area contributed by atoms with E-state index in [-0.39, 0.29) is 0 Å². The zero-order valence-corrected chi connectivity index (χ0v) is 13.3. The normalized spacial score (nSPS) is 10.1. The summed E-state index contributed by atoms with van der Waals surface area (Å²) in [6.07, 6.45) is 1.70. The average Bonchev–Trinajstić information content (AvgIpc) is 2.43. The minimum Gasteiger partial charge on any atom is -0.478 e. The highest BCUT2D eigenvalue weighted by molar-refractivity contribution is 9.10. The van der Waals surface area contributed by atoms with Crippen molar-refractivity contribution >= 4 is 44.5 Å². The second kappa shape index (κ2) is 6.67. The second-order valence-corrected chi connectivity index (χ2v) is 5.35. The lowest BCUT2D eigenvalue weighted by Crippen LogP contribution is -2.12. The molecule has 0 fully saturated rings. The number of anilines is 2. The monoisotopic (exact) mass is 351 g/mol. The summed E-state index contributed by atoms with van der Waals surface area (Å²) >= 11 is 8.47. The van der Waals surface area contributed by atoms with Gasteiger partial charge in [-0.3, -0.25) is 0 Å². The lowest BCUT2D eigenvalue weighted by Gasteiger charge is -2.12. The van der Waals surface area contributed by atoms with E-state index in [1.807, 2.05) is 37.3 Å². The van der Waals surface area contributed by atoms with Crippen LogP contribution in [0.4, 0.5) is 11.4 Å². The summed E-state index contributed by atoms with van der Waals surface area (Å²) in [6, 6.07) is 9.42. The van der Waals surface area contributed by atoms with Gasteiger partial charge in [0.15, 0.2) is 0 Å². The number of pyridine rings is 1. The van der Waals surface area contributed by atoms with E-state index in [9.17, 15) is 0 Å².